The molecule has 3 rings (SSSR count). The smallest absolute Gasteiger partial charge is 0.159 e. The van der Waals surface area contributed by atoms with Crippen LogP contribution >= 0.6 is 11.6 Å². The highest BCUT2D eigenvalue weighted by molar-refractivity contribution is 6.31. The van der Waals surface area contributed by atoms with Crippen LogP contribution in [0.4, 0.5) is 23.0 Å². The van der Waals surface area contributed by atoms with Gasteiger partial charge in [0.15, 0.2) is 11.6 Å². The van der Waals surface area contributed by atoms with Crippen molar-refractivity contribution in [2.24, 2.45) is 0 Å². The van der Waals surface area contributed by atoms with Gasteiger partial charge in [-0.05, 0) is 37.1 Å². The molecular weight excluding hydrogens is 334 g/mol. The van der Waals surface area contributed by atoms with E-state index in [2.05, 4.69) is 51.8 Å². The number of nitrogens with one attached hydrogen (secondary N) is 2. The minimum atomic E-state index is 0.467. The van der Waals surface area contributed by atoms with E-state index in [-0.39, 0.29) is 0 Å². The monoisotopic (exact) mass is 353 g/mol. The molecule has 0 aliphatic rings. The summed E-state index contributed by atoms with van der Waals surface area (Å²) in [5.74, 6) is 1.14. The molecule has 3 aromatic rings. The normalized spacial score (nSPS) is 10.5. The van der Waals surface area contributed by atoms with Crippen LogP contribution < -0.4 is 16.4 Å². The van der Waals surface area contributed by atoms with E-state index in [1.165, 1.54) is 11.9 Å². The lowest BCUT2D eigenvalue weighted by Gasteiger charge is -2.14. The lowest BCUT2D eigenvalue weighted by Crippen LogP contribution is -2.08. The average Bonchev–Trinajstić information content (AvgIpc) is 2.61. The Balaban J connectivity index is 1.77. The van der Waals surface area contributed by atoms with Gasteiger partial charge in [-0.25, -0.2) is 9.97 Å². The van der Waals surface area contributed by atoms with E-state index in [9.17, 15) is 0 Å². The summed E-state index contributed by atoms with van der Waals surface area (Å²) >= 11 is 6.16. The number of benzene rings is 2. The van der Waals surface area contributed by atoms with Crippen molar-refractivity contribution in [2.75, 3.05) is 16.4 Å². The topological polar surface area (TPSA) is 75.9 Å². The lowest BCUT2D eigenvalue weighted by molar-refractivity contribution is 1.08. The molecule has 1 aromatic heterocycles. The van der Waals surface area contributed by atoms with E-state index in [4.69, 9.17) is 17.3 Å². The molecule has 0 amide bonds. The zero-order valence-corrected chi connectivity index (χ0v) is 14.9. The molecule has 6 heteroatoms. The Morgan fingerprint density at radius 2 is 1.72 bits per heavy atom. The van der Waals surface area contributed by atoms with Gasteiger partial charge in [0.05, 0.1) is 0 Å². The molecule has 4 N–H and O–H groups in total. The number of hydrogen-bond donors (Lipinski definition) is 3. The summed E-state index contributed by atoms with van der Waals surface area (Å²) < 4.78 is 0. The van der Waals surface area contributed by atoms with Gasteiger partial charge in [-0.3, -0.25) is 0 Å². The summed E-state index contributed by atoms with van der Waals surface area (Å²) in [5.41, 5.74) is 10.9. The Labute approximate surface area is 152 Å². The van der Waals surface area contributed by atoms with Crippen molar-refractivity contribution in [3.05, 3.63) is 70.5 Å². The van der Waals surface area contributed by atoms with Crippen molar-refractivity contribution in [1.29, 1.82) is 0 Å². The second-order valence-corrected chi connectivity index (χ2v) is 6.27. The Kier molecular flexibility index (Phi) is 5.05. The lowest BCUT2D eigenvalue weighted by atomic mass is 10.1. The number of nitrogens with zero attached hydrogens (tertiary/aromatic N) is 2. The van der Waals surface area contributed by atoms with Gasteiger partial charge in [0.1, 0.15) is 12.0 Å². The number of aromatic nitrogens is 2. The first-order valence-electron chi connectivity index (χ1n) is 7.96. The maximum atomic E-state index is 6.22. The Morgan fingerprint density at radius 1 is 1.00 bits per heavy atom. The maximum absolute atomic E-state index is 6.22. The first kappa shape index (κ1) is 17.0. The van der Waals surface area contributed by atoms with Crippen molar-refractivity contribution >= 4 is 34.6 Å². The molecule has 128 valence electrons. The molecule has 0 radical (unpaired) electrons. The van der Waals surface area contributed by atoms with Gasteiger partial charge >= 0.3 is 0 Å². The third kappa shape index (κ3) is 4.00. The average molecular weight is 354 g/mol. The van der Waals surface area contributed by atoms with E-state index in [1.807, 2.05) is 25.1 Å². The van der Waals surface area contributed by atoms with Gasteiger partial charge in [0.2, 0.25) is 0 Å². The van der Waals surface area contributed by atoms with E-state index in [0.717, 1.165) is 16.8 Å². The van der Waals surface area contributed by atoms with Crippen LogP contribution in [0, 0.1) is 13.8 Å². The van der Waals surface area contributed by atoms with Crippen LogP contribution in [0.5, 0.6) is 0 Å². The number of hydrogen-bond acceptors (Lipinski definition) is 5. The second kappa shape index (κ2) is 7.40. The van der Waals surface area contributed by atoms with E-state index < -0.39 is 0 Å². The molecule has 1 heterocycles. The van der Waals surface area contributed by atoms with Crippen molar-refractivity contribution in [1.82, 2.24) is 9.97 Å². The van der Waals surface area contributed by atoms with Gasteiger partial charge in [0, 0.05) is 17.3 Å². The quantitative estimate of drug-likeness (QED) is 0.620. The van der Waals surface area contributed by atoms with Crippen LogP contribution in [0.15, 0.2) is 48.8 Å². The molecule has 0 aliphatic heterocycles. The number of anilines is 4. The molecule has 0 bridgehead atoms. The predicted molar refractivity (Wildman–Crippen MR) is 104 cm³/mol. The van der Waals surface area contributed by atoms with Gasteiger partial charge in [-0.2, -0.15) is 0 Å². The summed E-state index contributed by atoms with van der Waals surface area (Å²) in [6, 6.07) is 14.0. The molecule has 0 saturated carbocycles. The highest BCUT2D eigenvalue weighted by Crippen LogP contribution is 2.30. The van der Waals surface area contributed by atoms with Gasteiger partial charge in [0.25, 0.3) is 0 Å². The SMILES string of the molecule is Cc1ccc(CNc2ncnc(Nc3cccc(Cl)c3C)c2N)cc1. The standard InChI is InChI=1S/C19H20ClN5/c1-12-6-8-14(9-7-12)10-22-18-17(21)19(24-11-23-18)25-16-5-3-4-15(20)13(16)2/h3-9,11H,10,21H2,1-2H3,(H2,22,23,24,25). The minimum absolute atomic E-state index is 0.467. The second-order valence-electron chi connectivity index (χ2n) is 5.86. The van der Waals surface area contributed by atoms with Crippen LogP contribution in [0.3, 0.4) is 0 Å². The Bertz CT molecular complexity index is 877. The Morgan fingerprint density at radius 3 is 2.48 bits per heavy atom. The number of halogens is 1. The molecule has 0 spiro atoms. The van der Waals surface area contributed by atoms with Crippen LogP contribution in [0.2, 0.25) is 5.02 Å². The maximum Gasteiger partial charge on any atom is 0.159 e. The van der Waals surface area contributed by atoms with Crippen LogP contribution in [0.1, 0.15) is 16.7 Å². The van der Waals surface area contributed by atoms with Crippen molar-refractivity contribution in [3.8, 4) is 0 Å². The summed E-state index contributed by atoms with van der Waals surface area (Å²) in [6.45, 7) is 4.64. The van der Waals surface area contributed by atoms with Crippen molar-refractivity contribution < 1.29 is 0 Å². The van der Waals surface area contributed by atoms with Crippen molar-refractivity contribution in [2.45, 2.75) is 20.4 Å². The first-order chi connectivity index (χ1) is 12.0. The zero-order valence-electron chi connectivity index (χ0n) is 14.2. The van der Waals surface area contributed by atoms with Gasteiger partial charge in [-0.1, -0.05) is 47.5 Å². The minimum Gasteiger partial charge on any atom is -0.393 e. The largest absolute Gasteiger partial charge is 0.393 e. The third-order valence-corrected chi connectivity index (χ3v) is 4.39. The van der Waals surface area contributed by atoms with Gasteiger partial charge in [-0.15, -0.1) is 0 Å². The molecule has 0 saturated heterocycles. The molecule has 0 fully saturated rings. The number of aryl methyl sites for hydroxylation is 1. The summed E-state index contributed by atoms with van der Waals surface area (Å²) in [5, 5.41) is 7.18. The molecule has 25 heavy (non-hydrogen) atoms. The molecular formula is C19H20ClN5. The van der Waals surface area contributed by atoms with E-state index in [0.29, 0.717) is 28.9 Å². The predicted octanol–water partition coefficient (Wildman–Crippen LogP) is 4.68. The number of nitrogens with two attached hydrogens (primary N) is 1. The molecule has 0 aliphatic carbocycles. The summed E-state index contributed by atoms with van der Waals surface area (Å²) in [7, 11) is 0. The summed E-state index contributed by atoms with van der Waals surface area (Å²) in [6.07, 6.45) is 1.48. The van der Waals surface area contributed by atoms with Crippen LogP contribution in [-0.4, -0.2) is 9.97 Å². The van der Waals surface area contributed by atoms with Crippen LogP contribution in [-0.2, 0) is 6.54 Å². The molecule has 2 aromatic carbocycles. The zero-order chi connectivity index (χ0) is 17.8. The molecule has 5 nitrogen and oxygen atoms in total. The Hall–Kier alpha value is -2.79. The molecule has 0 unspecified atom stereocenters. The highest BCUT2D eigenvalue weighted by atomic mass is 35.5. The fourth-order valence-electron chi connectivity index (χ4n) is 2.40. The number of nitrogen functional groups attached to an aromatic ring is 1. The van der Waals surface area contributed by atoms with Gasteiger partial charge < -0.3 is 16.4 Å². The number of rotatable bonds is 5. The van der Waals surface area contributed by atoms with E-state index >= 15 is 0 Å². The molecule has 0 atom stereocenters. The van der Waals surface area contributed by atoms with Crippen molar-refractivity contribution in [3.63, 3.8) is 0 Å². The van der Waals surface area contributed by atoms with Crippen LogP contribution in [0.25, 0.3) is 0 Å². The van der Waals surface area contributed by atoms with E-state index in [1.54, 1.807) is 0 Å². The first-order valence-corrected chi connectivity index (χ1v) is 8.34. The fraction of sp³-hybridized carbons (Fsp3) is 0.158. The fourth-order valence-corrected chi connectivity index (χ4v) is 2.57. The highest BCUT2D eigenvalue weighted by Gasteiger charge is 2.10. The third-order valence-electron chi connectivity index (χ3n) is 3.99. The summed E-state index contributed by atoms with van der Waals surface area (Å²) in [4.78, 5) is 8.48.